The molecule has 0 bridgehead atoms. The summed E-state index contributed by atoms with van der Waals surface area (Å²) in [5.74, 6) is 0.712. The molecule has 32 heavy (non-hydrogen) atoms. The Balaban J connectivity index is 2.23. The van der Waals surface area contributed by atoms with Crippen molar-refractivity contribution in [3.63, 3.8) is 0 Å². The molecule has 0 spiro atoms. The fourth-order valence-electron chi connectivity index (χ4n) is 3.40. The van der Waals surface area contributed by atoms with Gasteiger partial charge in [-0.1, -0.05) is 32.0 Å². The van der Waals surface area contributed by atoms with Gasteiger partial charge in [-0.3, -0.25) is 10.1 Å². The Hall–Kier alpha value is -2.14. The Morgan fingerprint density at radius 3 is 2.31 bits per heavy atom. The lowest BCUT2D eigenvalue weighted by molar-refractivity contribution is -0.384. The van der Waals surface area contributed by atoms with Crippen LogP contribution < -0.4 is 10.5 Å². The quantitative estimate of drug-likeness (QED) is 0.235. The van der Waals surface area contributed by atoms with Gasteiger partial charge in [-0.25, -0.2) is 13.6 Å². The topological polar surface area (TPSA) is 119 Å². The van der Waals surface area contributed by atoms with E-state index < -0.39 is 14.9 Å². The number of anilines is 1. The summed E-state index contributed by atoms with van der Waals surface area (Å²) >= 11 is 1.68. The van der Waals surface area contributed by atoms with E-state index in [0.29, 0.717) is 11.4 Å². The minimum atomic E-state index is -4.03. The van der Waals surface area contributed by atoms with Gasteiger partial charge in [-0.05, 0) is 56.6 Å². The molecular weight excluding hydrogens is 448 g/mol. The number of nitro benzene ring substituents is 1. The van der Waals surface area contributed by atoms with Crippen molar-refractivity contribution in [1.29, 1.82) is 0 Å². The number of hydrogen-bond acceptors (Lipinski definition) is 7. The summed E-state index contributed by atoms with van der Waals surface area (Å²) in [6.45, 7) is 7.20. The summed E-state index contributed by atoms with van der Waals surface area (Å²) in [6, 6.07) is 13.7. The molecule has 0 saturated heterocycles. The lowest BCUT2D eigenvalue weighted by atomic mass is 10.2. The Bertz CT molecular complexity index is 965. The van der Waals surface area contributed by atoms with Crippen LogP contribution in [-0.2, 0) is 10.0 Å². The van der Waals surface area contributed by atoms with Crippen LogP contribution in [0.15, 0.2) is 58.3 Å². The van der Waals surface area contributed by atoms with Crippen LogP contribution in [0.3, 0.4) is 0 Å². The predicted molar refractivity (Wildman–Crippen MR) is 131 cm³/mol. The van der Waals surface area contributed by atoms with Gasteiger partial charge < -0.3 is 10.2 Å². The molecule has 2 aromatic rings. The third kappa shape index (κ3) is 8.42. The normalized spacial score (nSPS) is 12.6. The van der Waals surface area contributed by atoms with Gasteiger partial charge in [-0.15, -0.1) is 11.8 Å². The molecule has 10 heteroatoms. The van der Waals surface area contributed by atoms with Crippen molar-refractivity contribution in [1.82, 2.24) is 4.90 Å². The van der Waals surface area contributed by atoms with Crippen molar-refractivity contribution in [2.45, 2.75) is 48.9 Å². The van der Waals surface area contributed by atoms with Gasteiger partial charge in [0.15, 0.2) is 0 Å². The Labute approximate surface area is 194 Å². The number of nitrogens with one attached hydrogen (secondary N) is 1. The fourth-order valence-corrected chi connectivity index (χ4v) is 4.93. The maximum absolute atomic E-state index is 11.6. The van der Waals surface area contributed by atoms with Crippen molar-refractivity contribution in [2.75, 3.05) is 30.7 Å². The van der Waals surface area contributed by atoms with E-state index in [1.165, 1.54) is 12.1 Å². The molecule has 2 aromatic carbocycles. The van der Waals surface area contributed by atoms with E-state index in [2.05, 4.69) is 24.1 Å². The smallest absolute Gasteiger partial charge is 0.293 e. The van der Waals surface area contributed by atoms with Crippen LogP contribution in [0.1, 0.15) is 33.1 Å². The van der Waals surface area contributed by atoms with Crippen molar-refractivity contribution in [2.24, 2.45) is 5.14 Å². The van der Waals surface area contributed by atoms with Crippen molar-refractivity contribution in [3.8, 4) is 0 Å². The molecule has 3 N–H and O–H groups in total. The number of sulfonamides is 1. The standard InChI is InChI=1S/C22H32N4O4S2/c1-3-13-25(14-4-2)15-12-18(17-31-19-8-6-5-7-9-19)24-21-11-10-20(32(23,29)30)16-22(21)26(27)28/h5-11,16,18,24H,3-4,12-15,17H2,1-2H3,(H2,23,29,30)/t18-/m1/s1. The van der Waals surface area contributed by atoms with E-state index in [9.17, 15) is 18.5 Å². The van der Waals surface area contributed by atoms with Gasteiger partial charge in [0.05, 0.1) is 9.82 Å². The van der Waals surface area contributed by atoms with Crippen LogP contribution in [0, 0.1) is 10.1 Å². The zero-order valence-corrected chi connectivity index (χ0v) is 20.2. The number of benzene rings is 2. The second-order valence-corrected chi connectivity index (χ2v) is 10.2. The number of nitro groups is 1. The van der Waals surface area contributed by atoms with Crippen LogP contribution in [0.4, 0.5) is 11.4 Å². The summed E-state index contributed by atoms with van der Waals surface area (Å²) in [4.78, 5) is 14.3. The minimum Gasteiger partial charge on any atom is -0.376 e. The number of thioether (sulfide) groups is 1. The molecule has 2 rings (SSSR count). The second-order valence-electron chi connectivity index (χ2n) is 7.58. The summed E-state index contributed by atoms with van der Waals surface area (Å²) in [5.41, 5.74) is -0.0104. The number of nitrogens with zero attached hydrogens (tertiary/aromatic N) is 2. The maximum Gasteiger partial charge on any atom is 0.293 e. The van der Waals surface area contributed by atoms with Crippen LogP contribution in [0.25, 0.3) is 0 Å². The predicted octanol–water partition coefficient (Wildman–Crippen LogP) is 4.33. The Morgan fingerprint density at radius 2 is 1.75 bits per heavy atom. The van der Waals surface area contributed by atoms with Gasteiger partial charge in [-0.2, -0.15) is 0 Å². The number of nitrogens with two attached hydrogens (primary N) is 1. The molecule has 0 fully saturated rings. The molecule has 0 saturated carbocycles. The lowest BCUT2D eigenvalue weighted by Crippen LogP contribution is -2.32. The van der Waals surface area contributed by atoms with Crippen LogP contribution >= 0.6 is 11.8 Å². The molecular formula is C22H32N4O4S2. The highest BCUT2D eigenvalue weighted by Crippen LogP contribution is 2.29. The SMILES string of the molecule is CCCN(CCC)CC[C@H](CSc1ccccc1)Nc1ccc(S(N)(=O)=O)cc1[N+](=O)[O-]. The number of rotatable bonds is 14. The molecule has 0 amide bonds. The van der Waals surface area contributed by atoms with Gasteiger partial charge in [0.25, 0.3) is 5.69 Å². The van der Waals surface area contributed by atoms with E-state index in [1.807, 2.05) is 30.3 Å². The van der Waals surface area contributed by atoms with Crippen molar-refractivity contribution < 1.29 is 13.3 Å². The van der Waals surface area contributed by atoms with Gasteiger partial charge in [0.1, 0.15) is 5.69 Å². The first-order chi connectivity index (χ1) is 15.2. The average Bonchev–Trinajstić information content (AvgIpc) is 2.75. The maximum atomic E-state index is 11.6. The molecule has 176 valence electrons. The van der Waals surface area contributed by atoms with Gasteiger partial charge in [0, 0.05) is 29.3 Å². The highest BCUT2D eigenvalue weighted by Gasteiger charge is 2.22. The Morgan fingerprint density at radius 1 is 1.09 bits per heavy atom. The third-order valence-corrected chi connectivity index (χ3v) is 7.01. The highest BCUT2D eigenvalue weighted by atomic mass is 32.2. The summed E-state index contributed by atoms with van der Waals surface area (Å²) in [5, 5.41) is 20.1. The van der Waals surface area contributed by atoms with E-state index in [0.717, 1.165) is 49.9 Å². The molecule has 8 nitrogen and oxygen atoms in total. The monoisotopic (exact) mass is 480 g/mol. The Kier molecular flexibility index (Phi) is 10.4. The zero-order chi connectivity index (χ0) is 23.6. The van der Waals surface area contributed by atoms with Crippen LogP contribution in [0.2, 0.25) is 0 Å². The van der Waals surface area contributed by atoms with Crippen molar-refractivity contribution in [3.05, 3.63) is 58.6 Å². The average molecular weight is 481 g/mol. The first-order valence-corrected chi connectivity index (χ1v) is 13.3. The van der Waals surface area contributed by atoms with Crippen molar-refractivity contribution >= 4 is 33.2 Å². The highest BCUT2D eigenvalue weighted by molar-refractivity contribution is 7.99. The molecule has 0 aliphatic heterocycles. The van der Waals surface area contributed by atoms with E-state index in [4.69, 9.17) is 5.14 Å². The first kappa shape index (κ1) is 26.1. The zero-order valence-electron chi connectivity index (χ0n) is 18.6. The summed E-state index contributed by atoms with van der Waals surface area (Å²) < 4.78 is 23.3. The minimum absolute atomic E-state index is 0.0459. The number of primary sulfonamides is 1. The molecule has 0 unspecified atom stereocenters. The number of hydrogen-bond donors (Lipinski definition) is 2. The summed E-state index contributed by atoms with van der Waals surface area (Å²) in [7, 11) is -4.03. The largest absolute Gasteiger partial charge is 0.376 e. The van der Waals surface area contributed by atoms with Gasteiger partial charge >= 0.3 is 0 Å². The van der Waals surface area contributed by atoms with Crippen LogP contribution in [0.5, 0.6) is 0 Å². The van der Waals surface area contributed by atoms with Gasteiger partial charge in [0.2, 0.25) is 10.0 Å². The fraction of sp³-hybridized carbons (Fsp3) is 0.455. The summed E-state index contributed by atoms with van der Waals surface area (Å²) in [6.07, 6.45) is 2.93. The van der Waals surface area contributed by atoms with E-state index in [1.54, 1.807) is 11.8 Å². The molecule has 0 heterocycles. The van der Waals surface area contributed by atoms with E-state index >= 15 is 0 Å². The molecule has 0 aliphatic carbocycles. The molecule has 1 atom stereocenters. The lowest BCUT2D eigenvalue weighted by Gasteiger charge is -2.25. The second kappa shape index (κ2) is 12.8. The van der Waals surface area contributed by atoms with Crippen LogP contribution in [-0.4, -0.2) is 49.7 Å². The molecule has 0 aromatic heterocycles. The van der Waals surface area contributed by atoms with E-state index in [-0.39, 0.29) is 16.6 Å². The first-order valence-electron chi connectivity index (χ1n) is 10.7. The molecule has 0 aliphatic rings. The third-order valence-electron chi connectivity index (χ3n) is 4.92. The molecule has 0 radical (unpaired) electrons.